The molecule has 0 radical (unpaired) electrons. The molecular formula is C9H10F3NO2. The second-order valence-electron chi connectivity index (χ2n) is 3.32. The third-order valence-electron chi connectivity index (χ3n) is 2.07. The number of rotatable bonds is 3. The Balaban J connectivity index is 3.09. The molecule has 15 heavy (non-hydrogen) atoms. The summed E-state index contributed by atoms with van der Waals surface area (Å²) < 4.78 is 38.9. The van der Waals surface area contributed by atoms with Crippen molar-refractivity contribution in [3.05, 3.63) is 23.0 Å². The number of halogens is 3. The van der Waals surface area contributed by atoms with E-state index in [0.29, 0.717) is 5.69 Å². The monoisotopic (exact) mass is 221 g/mol. The second-order valence-corrected chi connectivity index (χ2v) is 3.32. The molecule has 0 aliphatic heterocycles. The first kappa shape index (κ1) is 11.6. The second kappa shape index (κ2) is 3.60. The number of alkyl halides is 3. The lowest BCUT2D eigenvalue weighted by Crippen LogP contribution is -2.33. The van der Waals surface area contributed by atoms with Gasteiger partial charge in [-0.1, -0.05) is 0 Å². The number of carboxylic acids is 1. The molecule has 2 N–H and O–H groups in total. The molecule has 6 heteroatoms. The lowest BCUT2D eigenvalue weighted by Gasteiger charge is -2.15. The smallest absolute Gasteiger partial charge is 0.378 e. The lowest BCUT2D eigenvalue weighted by atomic mass is 10.1. The molecule has 1 rings (SSSR count). The van der Waals surface area contributed by atoms with Crippen LogP contribution in [-0.4, -0.2) is 22.0 Å². The van der Waals surface area contributed by atoms with Gasteiger partial charge in [-0.05, 0) is 19.9 Å². The van der Waals surface area contributed by atoms with E-state index in [9.17, 15) is 18.0 Å². The van der Waals surface area contributed by atoms with Crippen LogP contribution in [0.1, 0.15) is 23.1 Å². The van der Waals surface area contributed by atoms with Crippen molar-refractivity contribution in [1.82, 2.24) is 4.98 Å². The summed E-state index contributed by atoms with van der Waals surface area (Å²) >= 11 is 0. The Bertz CT molecular complexity index is 387. The molecule has 1 aromatic rings. The highest BCUT2D eigenvalue weighted by molar-refractivity contribution is 5.76. The number of hydrogen-bond donors (Lipinski definition) is 2. The van der Waals surface area contributed by atoms with Crippen molar-refractivity contribution in [3.8, 4) is 0 Å². The van der Waals surface area contributed by atoms with Crippen LogP contribution in [0.2, 0.25) is 0 Å². The Kier molecular flexibility index (Phi) is 2.79. The van der Waals surface area contributed by atoms with Gasteiger partial charge < -0.3 is 10.1 Å². The van der Waals surface area contributed by atoms with Crippen LogP contribution in [0.3, 0.4) is 0 Å². The van der Waals surface area contributed by atoms with Crippen molar-refractivity contribution < 1.29 is 23.1 Å². The van der Waals surface area contributed by atoms with E-state index in [2.05, 4.69) is 4.98 Å². The predicted molar refractivity (Wildman–Crippen MR) is 46.7 cm³/mol. The van der Waals surface area contributed by atoms with Gasteiger partial charge in [0.05, 0.1) is 0 Å². The van der Waals surface area contributed by atoms with Crippen molar-refractivity contribution in [2.75, 3.05) is 0 Å². The maximum Gasteiger partial charge on any atom is 0.378 e. The Labute approximate surface area is 83.9 Å². The topological polar surface area (TPSA) is 53.1 Å². The average Bonchev–Trinajstić information content (AvgIpc) is 2.43. The van der Waals surface area contributed by atoms with Crippen LogP contribution < -0.4 is 0 Å². The van der Waals surface area contributed by atoms with Gasteiger partial charge in [-0.3, -0.25) is 0 Å². The zero-order valence-corrected chi connectivity index (χ0v) is 8.14. The molecule has 1 aromatic heterocycles. The number of aliphatic carboxylic acids is 1. The summed E-state index contributed by atoms with van der Waals surface area (Å²) in [5, 5.41) is 8.17. The molecule has 3 nitrogen and oxygen atoms in total. The van der Waals surface area contributed by atoms with Crippen LogP contribution in [0.15, 0.2) is 6.07 Å². The van der Waals surface area contributed by atoms with Crippen LogP contribution in [0.25, 0.3) is 0 Å². The van der Waals surface area contributed by atoms with Crippen molar-refractivity contribution in [2.24, 2.45) is 0 Å². The molecule has 0 aliphatic carbocycles. The van der Waals surface area contributed by atoms with Gasteiger partial charge in [0.2, 0.25) is 6.17 Å². The first-order chi connectivity index (χ1) is 6.76. The van der Waals surface area contributed by atoms with Gasteiger partial charge >= 0.3 is 11.9 Å². The van der Waals surface area contributed by atoms with E-state index in [0.717, 1.165) is 0 Å². The van der Waals surface area contributed by atoms with Crippen molar-refractivity contribution in [2.45, 2.75) is 25.9 Å². The number of carbonyl (C=O) groups is 1. The van der Waals surface area contributed by atoms with Crippen molar-refractivity contribution >= 4 is 5.97 Å². The summed E-state index contributed by atoms with van der Waals surface area (Å²) in [6.07, 6.45) is -2.83. The number of nitrogens with one attached hydrogen (secondary N) is 1. The summed E-state index contributed by atoms with van der Waals surface area (Å²) in [4.78, 5) is 12.8. The highest BCUT2D eigenvalue weighted by atomic mass is 19.3. The molecule has 0 bridgehead atoms. The highest BCUT2D eigenvalue weighted by Crippen LogP contribution is 2.36. The molecule has 84 valence electrons. The highest BCUT2D eigenvalue weighted by Gasteiger charge is 2.50. The lowest BCUT2D eigenvalue weighted by molar-refractivity contribution is -0.175. The van der Waals surface area contributed by atoms with Crippen LogP contribution >= 0.6 is 0 Å². The summed E-state index contributed by atoms with van der Waals surface area (Å²) in [7, 11) is 0. The molecule has 1 unspecified atom stereocenters. The molecule has 0 saturated carbocycles. The molecule has 0 spiro atoms. The number of carboxylic acid groups (broad SMARTS) is 1. The number of aromatic nitrogens is 1. The minimum absolute atomic E-state index is 0.209. The van der Waals surface area contributed by atoms with Crippen LogP contribution in [-0.2, 0) is 4.79 Å². The van der Waals surface area contributed by atoms with Gasteiger partial charge in [0.1, 0.15) is 0 Å². The number of hydrogen-bond acceptors (Lipinski definition) is 1. The molecule has 0 aromatic carbocycles. The fourth-order valence-corrected chi connectivity index (χ4v) is 1.31. The Morgan fingerprint density at radius 2 is 2.07 bits per heavy atom. The van der Waals surface area contributed by atoms with E-state index in [-0.39, 0.29) is 11.3 Å². The summed E-state index contributed by atoms with van der Waals surface area (Å²) in [6, 6.07) is 1.18. The minimum Gasteiger partial charge on any atom is -0.477 e. The SMILES string of the molecule is Cc1cc(C(F)C(F)(F)C(=O)O)c(C)[nH]1. The van der Waals surface area contributed by atoms with Crippen molar-refractivity contribution in [3.63, 3.8) is 0 Å². The Hall–Kier alpha value is -1.46. The third kappa shape index (κ3) is 1.98. The normalized spacial score (nSPS) is 13.9. The van der Waals surface area contributed by atoms with Gasteiger partial charge in [0, 0.05) is 17.0 Å². The van der Waals surface area contributed by atoms with Crippen LogP contribution in [0, 0.1) is 13.8 Å². The first-order valence-corrected chi connectivity index (χ1v) is 4.18. The number of aromatic amines is 1. The quantitative estimate of drug-likeness (QED) is 0.823. The molecule has 0 aliphatic rings. The zero-order chi connectivity index (χ0) is 11.8. The van der Waals surface area contributed by atoms with Gasteiger partial charge in [0.15, 0.2) is 0 Å². The van der Waals surface area contributed by atoms with E-state index in [1.807, 2.05) is 0 Å². The van der Waals surface area contributed by atoms with Crippen LogP contribution in [0.4, 0.5) is 13.2 Å². The fourth-order valence-electron chi connectivity index (χ4n) is 1.31. The maximum absolute atomic E-state index is 13.3. The van der Waals surface area contributed by atoms with E-state index in [1.165, 1.54) is 13.0 Å². The largest absolute Gasteiger partial charge is 0.477 e. The van der Waals surface area contributed by atoms with E-state index in [4.69, 9.17) is 5.11 Å². The summed E-state index contributed by atoms with van der Waals surface area (Å²) in [6.45, 7) is 2.98. The summed E-state index contributed by atoms with van der Waals surface area (Å²) in [5.41, 5.74) is 0.396. The molecule has 1 heterocycles. The van der Waals surface area contributed by atoms with Crippen LogP contribution in [0.5, 0.6) is 0 Å². The zero-order valence-electron chi connectivity index (χ0n) is 8.14. The average molecular weight is 221 g/mol. The Morgan fingerprint density at radius 3 is 2.40 bits per heavy atom. The minimum atomic E-state index is -4.40. The molecule has 0 saturated heterocycles. The van der Waals surface area contributed by atoms with Gasteiger partial charge in [0.25, 0.3) is 0 Å². The molecule has 0 fully saturated rings. The summed E-state index contributed by atoms with van der Waals surface area (Å²) in [5.74, 6) is -6.87. The van der Waals surface area contributed by atoms with E-state index >= 15 is 0 Å². The fraction of sp³-hybridized carbons (Fsp3) is 0.444. The molecule has 0 amide bonds. The van der Waals surface area contributed by atoms with Gasteiger partial charge in [-0.15, -0.1) is 0 Å². The van der Waals surface area contributed by atoms with E-state index in [1.54, 1.807) is 6.92 Å². The number of H-pyrrole nitrogens is 1. The van der Waals surface area contributed by atoms with E-state index < -0.39 is 18.1 Å². The predicted octanol–water partition coefficient (Wildman–Crippen LogP) is 2.36. The maximum atomic E-state index is 13.3. The number of aryl methyl sites for hydroxylation is 2. The third-order valence-corrected chi connectivity index (χ3v) is 2.07. The van der Waals surface area contributed by atoms with Gasteiger partial charge in [-0.2, -0.15) is 8.78 Å². The standard InChI is InChI=1S/C9H10F3NO2/c1-4-3-6(5(2)13-4)7(10)9(11,12)8(14)15/h3,7,13H,1-2H3,(H,14,15). The molecular weight excluding hydrogens is 211 g/mol. The first-order valence-electron chi connectivity index (χ1n) is 4.18. The Morgan fingerprint density at radius 1 is 1.53 bits per heavy atom. The van der Waals surface area contributed by atoms with Crippen molar-refractivity contribution in [1.29, 1.82) is 0 Å². The molecule has 1 atom stereocenters. The van der Waals surface area contributed by atoms with Gasteiger partial charge in [-0.25, -0.2) is 9.18 Å².